The van der Waals surface area contributed by atoms with Gasteiger partial charge in [-0.2, -0.15) is 0 Å². The quantitative estimate of drug-likeness (QED) is 0.771. The lowest BCUT2D eigenvalue weighted by atomic mass is 9.54. The van der Waals surface area contributed by atoms with E-state index in [1.807, 2.05) is 0 Å². The number of halogens is 3. The van der Waals surface area contributed by atoms with Crippen molar-refractivity contribution in [2.24, 2.45) is 5.41 Å². The SMILES string of the molecule is CCNC1CC(c2cc(F)c(Cl)cc2Cl)C1(C)CC. The van der Waals surface area contributed by atoms with Crippen molar-refractivity contribution in [2.75, 3.05) is 6.54 Å². The van der Waals surface area contributed by atoms with Gasteiger partial charge in [-0.3, -0.25) is 0 Å². The molecule has 0 aliphatic heterocycles. The third-order valence-electron chi connectivity index (χ3n) is 4.69. The Morgan fingerprint density at radius 1 is 1.32 bits per heavy atom. The molecule has 3 unspecified atom stereocenters. The molecule has 1 aliphatic rings. The molecule has 2 rings (SSSR count). The molecule has 0 bridgehead atoms. The number of nitrogens with one attached hydrogen (secondary N) is 1. The van der Waals surface area contributed by atoms with Crippen LogP contribution < -0.4 is 5.32 Å². The highest BCUT2D eigenvalue weighted by atomic mass is 35.5. The highest BCUT2D eigenvalue weighted by Gasteiger charge is 2.50. The Morgan fingerprint density at radius 2 is 2.00 bits per heavy atom. The fraction of sp³-hybridized carbons (Fsp3) is 0.600. The molecule has 1 aromatic carbocycles. The first-order chi connectivity index (χ1) is 8.93. The molecule has 1 aliphatic carbocycles. The van der Waals surface area contributed by atoms with Crippen molar-refractivity contribution in [3.05, 3.63) is 33.6 Å². The summed E-state index contributed by atoms with van der Waals surface area (Å²) in [6, 6.07) is 3.50. The van der Waals surface area contributed by atoms with Gasteiger partial charge >= 0.3 is 0 Å². The van der Waals surface area contributed by atoms with Gasteiger partial charge in [0.1, 0.15) is 5.82 Å². The molecule has 1 saturated carbocycles. The molecule has 0 saturated heterocycles. The lowest BCUT2D eigenvalue weighted by Gasteiger charge is -2.55. The van der Waals surface area contributed by atoms with Crippen LogP contribution in [0, 0.1) is 11.2 Å². The van der Waals surface area contributed by atoms with Crippen LogP contribution in [0.25, 0.3) is 0 Å². The van der Waals surface area contributed by atoms with E-state index in [0.29, 0.717) is 17.0 Å². The minimum absolute atomic E-state index is 0.0921. The molecule has 1 fully saturated rings. The zero-order chi connectivity index (χ0) is 14.2. The Bertz CT molecular complexity index is 477. The molecule has 0 radical (unpaired) electrons. The summed E-state index contributed by atoms with van der Waals surface area (Å²) in [5, 5.41) is 4.17. The smallest absolute Gasteiger partial charge is 0.142 e. The van der Waals surface area contributed by atoms with Crippen LogP contribution in [0.4, 0.5) is 4.39 Å². The third-order valence-corrected chi connectivity index (χ3v) is 5.31. The number of rotatable bonds is 4. The Kier molecular flexibility index (Phi) is 4.44. The number of hydrogen-bond donors (Lipinski definition) is 1. The molecule has 106 valence electrons. The summed E-state index contributed by atoms with van der Waals surface area (Å²) in [4.78, 5) is 0. The van der Waals surface area contributed by atoms with E-state index >= 15 is 0 Å². The van der Waals surface area contributed by atoms with Crippen molar-refractivity contribution < 1.29 is 4.39 Å². The Hall–Kier alpha value is -0.310. The molecule has 4 heteroatoms. The Morgan fingerprint density at radius 3 is 2.58 bits per heavy atom. The summed E-state index contributed by atoms with van der Waals surface area (Å²) >= 11 is 12.0. The molecule has 0 heterocycles. The zero-order valence-corrected chi connectivity index (χ0v) is 13.1. The summed E-state index contributed by atoms with van der Waals surface area (Å²) < 4.78 is 13.7. The molecular weight excluding hydrogens is 284 g/mol. The first kappa shape index (κ1) is 15.1. The molecule has 0 spiro atoms. The second-order valence-electron chi connectivity index (χ2n) is 5.55. The van der Waals surface area contributed by atoms with Crippen LogP contribution in [-0.4, -0.2) is 12.6 Å². The van der Waals surface area contributed by atoms with Crippen molar-refractivity contribution in [1.29, 1.82) is 0 Å². The van der Waals surface area contributed by atoms with E-state index < -0.39 is 0 Å². The molecule has 19 heavy (non-hydrogen) atoms. The van der Waals surface area contributed by atoms with E-state index in [2.05, 4.69) is 26.1 Å². The van der Waals surface area contributed by atoms with Crippen LogP contribution in [0.1, 0.15) is 45.1 Å². The molecule has 0 aromatic heterocycles. The summed E-state index contributed by atoms with van der Waals surface area (Å²) in [6.07, 6.45) is 2.04. The van der Waals surface area contributed by atoms with Gasteiger partial charge in [0.25, 0.3) is 0 Å². The fourth-order valence-electron chi connectivity index (χ4n) is 3.20. The highest BCUT2D eigenvalue weighted by Crippen LogP contribution is 2.56. The van der Waals surface area contributed by atoms with Gasteiger partial charge in [0.15, 0.2) is 0 Å². The standard InChI is InChI=1S/C15H20Cl2FN/c1-4-15(3)10(7-14(15)19-5-2)9-6-13(18)12(17)8-11(9)16/h6,8,10,14,19H,4-5,7H2,1-3H3. The number of benzene rings is 1. The minimum Gasteiger partial charge on any atom is -0.314 e. The lowest BCUT2D eigenvalue weighted by molar-refractivity contribution is 0.0454. The maximum absolute atomic E-state index is 13.7. The molecular formula is C15H20Cl2FN. The van der Waals surface area contributed by atoms with Crippen LogP contribution in [0.5, 0.6) is 0 Å². The highest BCUT2D eigenvalue weighted by molar-refractivity contribution is 6.35. The summed E-state index contributed by atoms with van der Waals surface area (Å²) in [7, 11) is 0. The Labute approximate surface area is 124 Å². The average Bonchev–Trinajstić information content (AvgIpc) is 2.38. The van der Waals surface area contributed by atoms with Crippen LogP contribution in [0.2, 0.25) is 10.0 Å². The van der Waals surface area contributed by atoms with Crippen molar-refractivity contribution in [3.63, 3.8) is 0 Å². The lowest BCUT2D eigenvalue weighted by Crippen LogP contribution is -2.56. The summed E-state index contributed by atoms with van der Waals surface area (Å²) in [5.74, 6) is -0.0905. The minimum atomic E-state index is -0.383. The second-order valence-corrected chi connectivity index (χ2v) is 6.36. The van der Waals surface area contributed by atoms with Gasteiger partial charge in [-0.1, -0.05) is 44.0 Å². The predicted molar refractivity (Wildman–Crippen MR) is 79.6 cm³/mol. The van der Waals surface area contributed by atoms with Gasteiger partial charge in [-0.15, -0.1) is 0 Å². The van der Waals surface area contributed by atoms with E-state index in [0.717, 1.165) is 24.9 Å². The molecule has 3 atom stereocenters. The normalized spacial score (nSPS) is 30.2. The van der Waals surface area contributed by atoms with Crippen molar-refractivity contribution >= 4 is 23.2 Å². The maximum Gasteiger partial charge on any atom is 0.142 e. The molecule has 1 nitrogen and oxygen atoms in total. The van der Waals surface area contributed by atoms with Gasteiger partial charge in [0, 0.05) is 11.1 Å². The topological polar surface area (TPSA) is 12.0 Å². The van der Waals surface area contributed by atoms with Crippen LogP contribution in [0.3, 0.4) is 0 Å². The first-order valence-corrected chi connectivity index (χ1v) is 7.57. The van der Waals surface area contributed by atoms with Gasteiger partial charge in [0.2, 0.25) is 0 Å². The Balaban J connectivity index is 2.31. The van der Waals surface area contributed by atoms with Crippen molar-refractivity contribution in [3.8, 4) is 0 Å². The number of hydrogen-bond acceptors (Lipinski definition) is 1. The second kappa shape index (κ2) is 5.59. The predicted octanol–water partition coefficient (Wildman–Crippen LogP) is 5.01. The van der Waals surface area contributed by atoms with Gasteiger partial charge in [-0.25, -0.2) is 4.39 Å². The van der Waals surface area contributed by atoms with Crippen LogP contribution >= 0.6 is 23.2 Å². The molecule has 1 aromatic rings. The molecule has 1 N–H and O–H groups in total. The van der Waals surface area contributed by atoms with E-state index in [9.17, 15) is 4.39 Å². The largest absolute Gasteiger partial charge is 0.314 e. The van der Waals surface area contributed by atoms with E-state index in [1.54, 1.807) is 0 Å². The van der Waals surface area contributed by atoms with Crippen molar-refractivity contribution in [2.45, 2.75) is 45.6 Å². The van der Waals surface area contributed by atoms with Crippen molar-refractivity contribution in [1.82, 2.24) is 5.32 Å². The fourth-order valence-corrected chi connectivity index (χ4v) is 3.71. The van der Waals surface area contributed by atoms with Gasteiger partial charge in [0.05, 0.1) is 5.02 Å². The van der Waals surface area contributed by atoms with E-state index in [1.165, 1.54) is 12.1 Å². The van der Waals surface area contributed by atoms with Gasteiger partial charge in [-0.05, 0) is 48.4 Å². The summed E-state index contributed by atoms with van der Waals surface area (Å²) in [6.45, 7) is 7.49. The maximum atomic E-state index is 13.7. The zero-order valence-electron chi connectivity index (χ0n) is 11.6. The summed E-state index contributed by atoms with van der Waals surface area (Å²) in [5.41, 5.74) is 1.02. The van der Waals surface area contributed by atoms with Crippen LogP contribution in [-0.2, 0) is 0 Å². The van der Waals surface area contributed by atoms with Crippen LogP contribution in [0.15, 0.2) is 12.1 Å². The van der Waals surface area contributed by atoms with E-state index in [4.69, 9.17) is 23.2 Å². The first-order valence-electron chi connectivity index (χ1n) is 6.81. The van der Waals surface area contributed by atoms with Gasteiger partial charge < -0.3 is 5.32 Å². The average molecular weight is 304 g/mol. The monoisotopic (exact) mass is 303 g/mol. The molecule has 0 amide bonds. The van der Waals surface area contributed by atoms with E-state index in [-0.39, 0.29) is 16.3 Å². The third kappa shape index (κ3) is 2.51.